The third-order valence-electron chi connectivity index (χ3n) is 6.55. The molecule has 4 N–H and O–H groups in total. The van der Waals surface area contributed by atoms with Gasteiger partial charge < -0.3 is 30.2 Å². The number of carbonyl (C=O) groups excluding carboxylic acids is 1. The predicted molar refractivity (Wildman–Crippen MR) is 154 cm³/mol. The highest BCUT2D eigenvalue weighted by molar-refractivity contribution is 7.16. The van der Waals surface area contributed by atoms with E-state index in [2.05, 4.69) is 34.6 Å². The van der Waals surface area contributed by atoms with E-state index in [1.165, 1.54) is 17.2 Å². The standard InChI is InChI=1S/C30H35N3O5S/c34-25-12-11-24(29-28(25)32-30(37)39-29)26(35)21-31-16-18-33(17-13-22-7-3-1-4-8-22)27(36)15-20-38-19-14-23-9-5-2-6-10-23/h1-12,26,31,34-35H,13-21H2,(H,32,37)/t26-/m0/s1. The van der Waals surface area contributed by atoms with Crippen molar-refractivity contribution in [3.05, 3.63) is 99.2 Å². The zero-order chi connectivity index (χ0) is 27.5. The number of carbonyl (C=O) groups is 1. The Balaban J connectivity index is 1.26. The summed E-state index contributed by atoms with van der Waals surface area (Å²) in [4.78, 5) is 29.0. The summed E-state index contributed by atoms with van der Waals surface area (Å²) < 4.78 is 6.28. The molecule has 1 aromatic heterocycles. The van der Waals surface area contributed by atoms with Crippen molar-refractivity contribution >= 4 is 27.5 Å². The summed E-state index contributed by atoms with van der Waals surface area (Å²) in [7, 11) is 0. The van der Waals surface area contributed by atoms with Crippen LogP contribution in [0.25, 0.3) is 10.2 Å². The number of aromatic hydroxyl groups is 1. The number of aromatic amines is 1. The van der Waals surface area contributed by atoms with E-state index < -0.39 is 6.10 Å². The Morgan fingerprint density at radius 3 is 2.36 bits per heavy atom. The van der Waals surface area contributed by atoms with Crippen molar-refractivity contribution in [2.75, 3.05) is 39.4 Å². The molecule has 206 valence electrons. The van der Waals surface area contributed by atoms with Crippen LogP contribution in [-0.4, -0.2) is 65.4 Å². The first-order valence-electron chi connectivity index (χ1n) is 13.2. The Labute approximate surface area is 231 Å². The van der Waals surface area contributed by atoms with Crippen LogP contribution in [0.4, 0.5) is 0 Å². The maximum absolute atomic E-state index is 13.0. The summed E-state index contributed by atoms with van der Waals surface area (Å²) >= 11 is 0.960. The molecule has 0 unspecified atom stereocenters. The Kier molecular flexibility index (Phi) is 10.7. The molecule has 4 rings (SSSR count). The number of thiazole rings is 1. The minimum atomic E-state index is -0.869. The van der Waals surface area contributed by atoms with E-state index in [1.54, 1.807) is 6.07 Å². The number of rotatable bonds is 15. The zero-order valence-corrected chi connectivity index (χ0v) is 22.7. The van der Waals surface area contributed by atoms with Crippen LogP contribution in [0.15, 0.2) is 77.6 Å². The number of benzene rings is 3. The number of ether oxygens (including phenoxy) is 1. The molecule has 0 aliphatic carbocycles. The molecule has 4 aromatic rings. The van der Waals surface area contributed by atoms with Gasteiger partial charge in [0.1, 0.15) is 11.3 Å². The average molecular weight is 550 g/mol. The molecule has 1 heterocycles. The van der Waals surface area contributed by atoms with E-state index in [9.17, 15) is 19.8 Å². The summed E-state index contributed by atoms with van der Waals surface area (Å²) in [6, 6.07) is 23.3. The first-order chi connectivity index (χ1) is 19.0. The lowest BCUT2D eigenvalue weighted by molar-refractivity contribution is -0.132. The highest BCUT2D eigenvalue weighted by Crippen LogP contribution is 2.31. The topological polar surface area (TPSA) is 115 Å². The van der Waals surface area contributed by atoms with Crippen LogP contribution in [-0.2, 0) is 22.4 Å². The number of phenolic OH excluding ortho intramolecular Hbond substituents is 1. The predicted octanol–water partition coefficient (Wildman–Crippen LogP) is 3.64. The lowest BCUT2D eigenvalue weighted by Gasteiger charge is -2.24. The normalized spacial score (nSPS) is 12.0. The number of hydrogen-bond acceptors (Lipinski definition) is 7. The van der Waals surface area contributed by atoms with E-state index in [0.717, 1.165) is 24.2 Å². The van der Waals surface area contributed by atoms with Gasteiger partial charge in [-0.2, -0.15) is 0 Å². The molecule has 0 saturated carbocycles. The van der Waals surface area contributed by atoms with Crippen LogP contribution in [0.1, 0.15) is 29.2 Å². The van der Waals surface area contributed by atoms with Crippen molar-refractivity contribution in [1.29, 1.82) is 0 Å². The molecule has 0 spiro atoms. The van der Waals surface area contributed by atoms with Gasteiger partial charge in [-0.05, 0) is 30.0 Å². The zero-order valence-electron chi connectivity index (χ0n) is 21.8. The van der Waals surface area contributed by atoms with E-state index in [1.807, 2.05) is 41.3 Å². The van der Waals surface area contributed by atoms with Gasteiger partial charge in [-0.15, -0.1) is 0 Å². The lowest BCUT2D eigenvalue weighted by atomic mass is 10.1. The highest BCUT2D eigenvalue weighted by atomic mass is 32.1. The van der Waals surface area contributed by atoms with Crippen LogP contribution >= 0.6 is 11.3 Å². The molecule has 3 aromatic carbocycles. The molecule has 1 amide bonds. The van der Waals surface area contributed by atoms with Crippen LogP contribution in [0.5, 0.6) is 5.75 Å². The Morgan fingerprint density at radius 2 is 1.64 bits per heavy atom. The Morgan fingerprint density at radius 1 is 0.949 bits per heavy atom. The summed E-state index contributed by atoms with van der Waals surface area (Å²) in [5.41, 5.74) is 3.29. The number of fused-ring (bicyclic) bond motifs is 1. The molecule has 0 bridgehead atoms. The van der Waals surface area contributed by atoms with E-state index in [-0.39, 0.29) is 23.1 Å². The third-order valence-corrected chi connectivity index (χ3v) is 7.48. The van der Waals surface area contributed by atoms with E-state index in [0.29, 0.717) is 55.0 Å². The molecular weight excluding hydrogens is 514 g/mol. The number of nitrogens with zero attached hydrogens (tertiary/aromatic N) is 1. The fraction of sp³-hybridized carbons (Fsp3) is 0.333. The fourth-order valence-corrected chi connectivity index (χ4v) is 5.31. The van der Waals surface area contributed by atoms with Gasteiger partial charge in [0.15, 0.2) is 0 Å². The molecule has 0 fully saturated rings. The van der Waals surface area contributed by atoms with Gasteiger partial charge in [-0.25, -0.2) is 0 Å². The first kappa shape index (κ1) is 28.5. The Hall–Kier alpha value is -3.50. The number of hydrogen-bond donors (Lipinski definition) is 4. The monoisotopic (exact) mass is 549 g/mol. The molecule has 0 aliphatic heterocycles. The lowest BCUT2D eigenvalue weighted by Crippen LogP contribution is -2.39. The van der Waals surface area contributed by atoms with Gasteiger partial charge in [0, 0.05) is 31.7 Å². The van der Waals surface area contributed by atoms with Gasteiger partial charge in [0.2, 0.25) is 5.91 Å². The Bertz CT molecular complexity index is 1370. The highest BCUT2D eigenvalue weighted by Gasteiger charge is 2.17. The van der Waals surface area contributed by atoms with Gasteiger partial charge in [-0.1, -0.05) is 78.1 Å². The second-order valence-electron chi connectivity index (χ2n) is 9.33. The van der Waals surface area contributed by atoms with Gasteiger partial charge in [0.25, 0.3) is 0 Å². The fourth-order valence-electron chi connectivity index (χ4n) is 4.39. The number of phenols is 1. The van der Waals surface area contributed by atoms with Crippen molar-refractivity contribution in [2.45, 2.75) is 25.4 Å². The molecule has 0 radical (unpaired) electrons. The maximum atomic E-state index is 13.0. The van der Waals surface area contributed by atoms with E-state index >= 15 is 0 Å². The van der Waals surface area contributed by atoms with Crippen LogP contribution < -0.4 is 10.2 Å². The van der Waals surface area contributed by atoms with Gasteiger partial charge in [-0.3, -0.25) is 9.59 Å². The molecule has 0 aliphatic rings. The van der Waals surface area contributed by atoms with Gasteiger partial charge in [0.05, 0.1) is 30.4 Å². The SMILES string of the molecule is O=C(CCOCCc1ccccc1)N(CCNC[C@H](O)c1ccc(O)c2[nH]c(=O)sc12)CCc1ccccc1. The minimum Gasteiger partial charge on any atom is -0.506 e. The van der Waals surface area contributed by atoms with Crippen molar-refractivity contribution < 1.29 is 19.7 Å². The van der Waals surface area contributed by atoms with E-state index in [4.69, 9.17) is 4.74 Å². The number of amides is 1. The average Bonchev–Trinajstić information content (AvgIpc) is 3.35. The summed E-state index contributed by atoms with van der Waals surface area (Å²) in [6.45, 7) is 2.77. The molecule has 9 heteroatoms. The van der Waals surface area contributed by atoms with Crippen LogP contribution in [0, 0.1) is 0 Å². The van der Waals surface area contributed by atoms with Crippen molar-refractivity contribution in [2.24, 2.45) is 0 Å². The van der Waals surface area contributed by atoms with Crippen molar-refractivity contribution in [3.63, 3.8) is 0 Å². The molecule has 8 nitrogen and oxygen atoms in total. The van der Waals surface area contributed by atoms with Crippen LogP contribution in [0.3, 0.4) is 0 Å². The number of aromatic nitrogens is 1. The van der Waals surface area contributed by atoms with Crippen LogP contribution in [0.2, 0.25) is 0 Å². The summed E-state index contributed by atoms with van der Waals surface area (Å²) in [5.74, 6) is 0.00852. The number of H-pyrrole nitrogens is 1. The molecule has 0 saturated heterocycles. The van der Waals surface area contributed by atoms with Crippen molar-refractivity contribution in [1.82, 2.24) is 15.2 Å². The quantitative estimate of drug-likeness (QED) is 0.168. The first-order valence-corrected chi connectivity index (χ1v) is 14.0. The largest absolute Gasteiger partial charge is 0.506 e. The second kappa shape index (κ2) is 14.6. The second-order valence-corrected chi connectivity index (χ2v) is 10.3. The van der Waals surface area contributed by atoms with Crippen molar-refractivity contribution in [3.8, 4) is 5.75 Å². The number of aliphatic hydroxyl groups excluding tert-OH is 1. The van der Waals surface area contributed by atoms with Gasteiger partial charge >= 0.3 is 4.87 Å². The molecule has 39 heavy (non-hydrogen) atoms. The number of nitrogens with one attached hydrogen (secondary N) is 2. The third kappa shape index (κ3) is 8.49. The molecule has 1 atom stereocenters. The maximum Gasteiger partial charge on any atom is 0.305 e. The summed E-state index contributed by atoms with van der Waals surface area (Å²) in [5, 5.41) is 24.0. The summed E-state index contributed by atoms with van der Waals surface area (Å²) in [6.07, 6.45) is 1.00. The molecular formula is C30H35N3O5S. The smallest absolute Gasteiger partial charge is 0.305 e. The number of aliphatic hydroxyl groups is 1. The minimum absolute atomic E-state index is 0.0242.